The fourth-order valence-corrected chi connectivity index (χ4v) is 3.03. The highest BCUT2D eigenvalue weighted by Gasteiger charge is 2.32. The summed E-state index contributed by atoms with van der Waals surface area (Å²) in [5.41, 5.74) is 5.52. The Kier molecular flexibility index (Phi) is 5.35. The van der Waals surface area contributed by atoms with Gasteiger partial charge in [-0.15, -0.1) is 0 Å². The first-order chi connectivity index (χ1) is 7.98. The van der Waals surface area contributed by atoms with Crippen LogP contribution in [-0.2, 0) is 19.6 Å². The summed E-state index contributed by atoms with van der Waals surface area (Å²) in [4.78, 5) is 10.8. The lowest BCUT2D eigenvalue weighted by Gasteiger charge is -2.15. The number of methoxy groups -OCH3 is 1. The maximum Gasteiger partial charge on any atom is 0.305 e. The number of carbonyl (C=O) groups excluding carboxylic acids is 1. The number of ether oxygens (including phenoxy) is 1. The third-order valence-corrected chi connectivity index (χ3v) is 4.29. The second kappa shape index (κ2) is 6.32. The first-order valence-electron chi connectivity index (χ1n) is 5.75. The maximum absolute atomic E-state index is 11.7. The van der Waals surface area contributed by atoms with Gasteiger partial charge in [0.25, 0.3) is 0 Å². The predicted molar refractivity (Wildman–Crippen MR) is 63.7 cm³/mol. The van der Waals surface area contributed by atoms with Crippen LogP contribution in [0.4, 0.5) is 0 Å². The molecule has 1 aliphatic carbocycles. The fraction of sp³-hybridized carbons (Fsp3) is 0.900. The van der Waals surface area contributed by atoms with Crippen LogP contribution in [0.15, 0.2) is 0 Å². The molecule has 1 aliphatic rings. The van der Waals surface area contributed by atoms with E-state index < -0.39 is 16.0 Å². The van der Waals surface area contributed by atoms with Crippen LogP contribution in [0.1, 0.15) is 25.7 Å². The van der Waals surface area contributed by atoms with Gasteiger partial charge >= 0.3 is 5.97 Å². The minimum atomic E-state index is -3.34. The van der Waals surface area contributed by atoms with Gasteiger partial charge in [0.1, 0.15) is 0 Å². The van der Waals surface area contributed by atoms with Gasteiger partial charge in [0.2, 0.25) is 10.0 Å². The average molecular weight is 264 g/mol. The summed E-state index contributed by atoms with van der Waals surface area (Å²) in [6.07, 6.45) is 2.46. The smallest absolute Gasteiger partial charge is 0.305 e. The Bertz CT molecular complexity index is 351. The molecule has 1 unspecified atom stereocenters. The zero-order chi connectivity index (χ0) is 12.9. The molecule has 0 bridgehead atoms. The highest BCUT2D eigenvalue weighted by molar-refractivity contribution is 7.89. The molecule has 1 atom stereocenters. The van der Waals surface area contributed by atoms with Crippen LogP contribution in [0.3, 0.4) is 0 Å². The minimum absolute atomic E-state index is 0.0642. The van der Waals surface area contributed by atoms with Crippen LogP contribution in [0, 0.1) is 5.92 Å². The number of carbonyl (C=O) groups is 1. The summed E-state index contributed by atoms with van der Waals surface area (Å²) in [5, 5.41) is 0. The van der Waals surface area contributed by atoms with E-state index >= 15 is 0 Å². The van der Waals surface area contributed by atoms with Gasteiger partial charge in [-0.05, 0) is 25.2 Å². The largest absolute Gasteiger partial charge is 0.469 e. The Morgan fingerprint density at radius 2 is 2.18 bits per heavy atom. The molecule has 0 spiro atoms. The predicted octanol–water partition coefficient (Wildman–Crippen LogP) is -0.404. The van der Waals surface area contributed by atoms with Crippen molar-refractivity contribution >= 4 is 16.0 Å². The molecule has 17 heavy (non-hydrogen) atoms. The fourth-order valence-electron chi connectivity index (χ4n) is 1.63. The number of hydrogen-bond donors (Lipinski definition) is 2. The SMILES string of the molecule is COC(=O)CCCS(=O)(=O)NC(CN)C1CC1. The molecule has 1 rings (SSSR count). The van der Waals surface area contributed by atoms with Crippen LogP contribution in [-0.4, -0.2) is 39.8 Å². The second-order valence-electron chi connectivity index (χ2n) is 4.30. The number of sulfonamides is 1. The summed E-state index contributed by atoms with van der Waals surface area (Å²) in [6.45, 7) is 0.320. The van der Waals surface area contributed by atoms with E-state index in [2.05, 4.69) is 9.46 Å². The van der Waals surface area contributed by atoms with E-state index in [1.165, 1.54) is 7.11 Å². The van der Waals surface area contributed by atoms with E-state index in [-0.39, 0.29) is 24.6 Å². The quantitative estimate of drug-likeness (QED) is 0.581. The van der Waals surface area contributed by atoms with Crippen molar-refractivity contribution in [3.05, 3.63) is 0 Å². The van der Waals surface area contributed by atoms with Gasteiger partial charge in [-0.25, -0.2) is 13.1 Å². The van der Waals surface area contributed by atoms with Gasteiger partial charge < -0.3 is 10.5 Å². The molecule has 0 saturated heterocycles. The molecule has 0 amide bonds. The van der Waals surface area contributed by atoms with Crippen LogP contribution in [0.25, 0.3) is 0 Å². The van der Waals surface area contributed by atoms with Crippen molar-refractivity contribution in [2.24, 2.45) is 11.7 Å². The molecule has 0 aliphatic heterocycles. The summed E-state index contributed by atoms with van der Waals surface area (Å²) in [6, 6.07) is -0.155. The van der Waals surface area contributed by atoms with Gasteiger partial charge in [0, 0.05) is 19.0 Å². The average Bonchev–Trinajstić information content (AvgIpc) is 3.09. The van der Waals surface area contributed by atoms with E-state index in [1.807, 2.05) is 0 Å². The lowest BCUT2D eigenvalue weighted by atomic mass is 10.2. The van der Waals surface area contributed by atoms with Gasteiger partial charge in [0.15, 0.2) is 0 Å². The first-order valence-corrected chi connectivity index (χ1v) is 7.40. The number of hydrogen-bond acceptors (Lipinski definition) is 5. The number of nitrogens with one attached hydrogen (secondary N) is 1. The number of rotatable bonds is 8. The van der Waals surface area contributed by atoms with Gasteiger partial charge in [-0.1, -0.05) is 0 Å². The summed E-state index contributed by atoms with van der Waals surface area (Å²) in [7, 11) is -2.06. The summed E-state index contributed by atoms with van der Waals surface area (Å²) < 4.78 is 30.4. The van der Waals surface area contributed by atoms with Crippen molar-refractivity contribution < 1.29 is 17.9 Å². The van der Waals surface area contributed by atoms with Crippen molar-refractivity contribution in [1.29, 1.82) is 0 Å². The zero-order valence-corrected chi connectivity index (χ0v) is 10.8. The molecule has 1 saturated carbocycles. The molecular weight excluding hydrogens is 244 g/mol. The van der Waals surface area contributed by atoms with Crippen molar-refractivity contribution in [3.8, 4) is 0 Å². The second-order valence-corrected chi connectivity index (χ2v) is 6.17. The van der Waals surface area contributed by atoms with Crippen molar-refractivity contribution in [2.75, 3.05) is 19.4 Å². The van der Waals surface area contributed by atoms with E-state index in [1.54, 1.807) is 0 Å². The molecule has 1 fully saturated rings. The molecule has 0 aromatic rings. The molecule has 3 N–H and O–H groups in total. The summed E-state index contributed by atoms with van der Waals surface area (Å²) in [5.74, 6) is -0.0705. The van der Waals surface area contributed by atoms with Crippen molar-refractivity contribution in [1.82, 2.24) is 4.72 Å². The molecule has 7 heteroatoms. The van der Waals surface area contributed by atoms with Crippen molar-refractivity contribution in [2.45, 2.75) is 31.7 Å². The topological polar surface area (TPSA) is 98.5 Å². The third-order valence-electron chi connectivity index (χ3n) is 2.80. The minimum Gasteiger partial charge on any atom is -0.469 e. The van der Waals surface area contributed by atoms with Gasteiger partial charge in [-0.2, -0.15) is 0 Å². The standard InChI is InChI=1S/C10H20N2O4S/c1-16-10(13)3-2-6-17(14,15)12-9(7-11)8-4-5-8/h8-9,12H,2-7,11H2,1H3. The van der Waals surface area contributed by atoms with Crippen LogP contribution < -0.4 is 10.5 Å². The van der Waals surface area contributed by atoms with Crippen LogP contribution in [0.5, 0.6) is 0 Å². The normalized spacial score (nSPS) is 17.8. The molecular formula is C10H20N2O4S. The number of nitrogens with two attached hydrogens (primary N) is 1. The van der Waals surface area contributed by atoms with E-state index in [0.717, 1.165) is 12.8 Å². The Hall–Kier alpha value is -0.660. The highest BCUT2D eigenvalue weighted by atomic mass is 32.2. The number of esters is 1. The van der Waals surface area contributed by atoms with E-state index in [9.17, 15) is 13.2 Å². The Labute approximate surface area is 102 Å². The van der Waals surface area contributed by atoms with Gasteiger partial charge in [0.05, 0.1) is 12.9 Å². The lowest BCUT2D eigenvalue weighted by Crippen LogP contribution is -2.42. The Morgan fingerprint density at radius 3 is 2.65 bits per heavy atom. The Balaban J connectivity index is 2.32. The molecule has 100 valence electrons. The maximum atomic E-state index is 11.7. The van der Waals surface area contributed by atoms with Crippen LogP contribution in [0.2, 0.25) is 0 Å². The van der Waals surface area contributed by atoms with Crippen molar-refractivity contribution in [3.63, 3.8) is 0 Å². The zero-order valence-electron chi connectivity index (χ0n) is 10.0. The molecule has 0 radical (unpaired) electrons. The molecule has 0 heterocycles. The van der Waals surface area contributed by atoms with E-state index in [4.69, 9.17) is 5.73 Å². The van der Waals surface area contributed by atoms with E-state index in [0.29, 0.717) is 12.5 Å². The lowest BCUT2D eigenvalue weighted by molar-refractivity contribution is -0.140. The Morgan fingerprint density at radius 1 is 1.53 bits per heavy atom. The third kappa shape index (κ3) is 5.47. The molecule has 0 aromatic carbocycles. The van der Waals surface area contributed by atoms with Gasteiger partial charge in [-0.3, -0.25) is 4.79 Å². The molecule has 6 nitrogen and oxygen atoms in total. The monoisotopic (exact) mass is 264 g/mol. The first kappa shape index (κ1) is 14.4. The van der Waals surface area contributed by atoms with Crippen LogP contribution >= 0.6 is 0 Å². The highest BCUT2D eigenvalue weighted by Crippen LogP contribution is 2.32. The summed E-state index contributed by atoms with van der Waals surface area (Å²) >= 11 is 0. The molecule has 0 aromatic heterocycles.